The zero-order valence-corrected chi connectivity index (χ0v) is 17.9. The van der Waals surface area contributed by atoms with Gasteiger partial charge in [-0.2, -0.15) is 0 Å². The fourth-order valence-electron chi connectivity index (χ4n) is 3.23. The third kappa shape index (κ3) is 4.86. The minimum atomic E-state index is -3.69. The van der Waals surface area contributed by atoms with Crippen molar-refractivity contribution in [3.8, 4) is 0 Å². The van der Waals surface area contributed by atoms with E-state index in [1.807, 2.05) is 12.1 Å². The summed E-state index contributed by atoms with van der Waals surface area (Å²) in [5.74, 6) is 0.123. The average Bonchev–Trinajstić information content (AvgIpc) is 2.62. The molecule has 6 nitrogen and oxygen atoms in total. The van der Waals surface area contributed by atoms with Gasteiger partial charge in [0.1, 0.15) is 0 Å². The number of hydrogen-bond donors (Lipinski definition) is 1. The van der Waals surface area contributed by atoms with E-state index >= 15 is 0 Å². The predicted molar refractivity (Wildman–Crippen MR) is 112 cm³/mol. The maximum absolute atomic E-state index is 12.6. The molecule has 3 rings (SSSR count). The highest BCUT2D eigenvalue weighted by Crippen LogP contribution is 2.27. The van der Waals surface area contributed by atoms with Crippen LogP contribution >= 0.6 is 11.6 Å². The molecule has 1 aliphatic rings. The Morgan fingerprint density at radius 2 is 1.82 bits per heavy atom. The molecular formula is C19H23ClN2O4S2. The molecule has 2 aromatic carbocycles. The molecule has 0 spiro atoms. The summed E-state index contributed by atoms with van der Waals surface area (Å²) >= 11 is 5.85. The lowest BCUT2D eigenvalue weighted by Crippen LogP contribution is -2.38. The summed E-state index contributed by atoms with van der Waals surface area (Å²) in [5.41, 5.74) is 2.00. The molecule has 0 atom stereocenters. The molecular weight excluding hydrogens is 420 g/mol. The van der Waals surface area contributed by atoms with Crippen LogP contribution in [0, 0.1) is 6.92 Å². The van der Waals surface area contributed by atoms with Gasteiger partial charge in [-0.25, -0.2) is 21.6 Å². The molecule has 0 bridgehead atoms. The first-order chi connectivity index (χ1) is 13.2. The quantitative estimate of drug-likeness (QED) is 0.745. The van der Waals surface area contributed by atoms with E-state index < -0.39 is 20.0 Å². The Morgan fingerprint density at radius 3 is 2.46 bits per heavy atom. The van der Waals surface area contributed by atoms with Crippen LogP contribution in [0.3, 0.4) is 0 Å². The molecule has 0 aromatic heterocycles. The second-order valence-electron chi connectivity index (χ2n) is 6.82. The van der Waals surface area contributed by atoms with Gasteiger partial charge < -0.3 is 0 Å². The maximum Gasteiger partial charge on any atom is 0.240 e. The summed E-state index contributed by atoms with van der Waals surface area (Å²) in [6.45, 7) is 2.35. The molecule has 1 fully saturated rings. The number of benzene rings is 2. The Morgan fingerprint density at radius 1 is 1.11 bits per heavy atom. The summed E-state index contributed by atoms with van der Waals surface area (Å²) in [6.07, 6.45) is 1.99. The van der Waals surface area contributed by atoms with Crippen LogP contribution in [0.5, 0.6) is 0 Å². The molecule has 0 unspecified atom stereocenters. The van der Waals surface area contributed by atoms with Gasteiger partial charge in [0.15, 0.2) is 0 Å². The first-order valence-corrected chi connectivity index (χ1v) is 12.5. The van der Waals surface area contributed by atoms with Crippen LogP contribution in [0.25, 0.3) is 0 Å². The van der Waals surface area contributed by atoms with Gasteiger partial charge in [0.05, 0.1) is 16.3 Å². The highest BCUT2D eigenvalue weighted by atomic mass is 35.5. The number of aryl methyl sites for hydroxylation is 1. The summed E-state index contributed by atoms with van der Waals surface area (Å²) in [4.78, 5) is 0.154. The van der Waals surface area contributed by atoms with Gasteiger partial charge in [-0.05, 0) is 67.6 Å². The monoisotopic (exact) mass is 442 g/mol. The number of anilines is 1. The number of rotatable bonds is 6. The lowest BCUT2D eigenvalue weighted by molar-refractivity contribution is 0.574. The van der Waals surface area contributed by atoms with E-state index in [1.165, 1.54) is 10.4 Å². The summed E-state index contributed by atoms with van der Waals surface area (Å²) in [7, 11) is -7.02. The molecule has 0 radical (unpaired) electrons. The molecule has 28 heavy (non-hydrogen) atoms. The largest absolute Gasteiger partial charge is 0.270 e. The van der Waals surface area contributed by atoms with E-state index in [-0.39, 0.29) is 17.2 Å². The van der Waals surface area contributed by atoms with Crippen LogP contribution in [0.15, 0.2) is 47.4 Å². The van der Waals surface area contributed by atoms with E-state index in [4.69, 9.17) is 11.6 Å². The van der Waals surface area contributed by atoms with Gasteiger partial charge in [0.2, 0.25) is 20.0 Å². The van der Waals surface area contributed by atoms with Crippen LogP contribution in [-0.4, -0.2) is 35.7 Å². The molecule has 1 aliphatic heterocycles. The second kappa shape index (κ2) is 8.41. The summed E-state index contributed by atoms with van der Waals surface area (Å²) in [6, 6.07) is 11.9. The predicted octanol–water partition coefficient (Wildman–Crippen LogP) is 3.10. The number of hydrogen-bond acceptors (Lipinski definition) is 4. The molecule has 2 aromatic rings. The van der Waals surface area contributed by atoms with Crippen LogP contribution in [-0.2, 0) is 26.5 Å². The number of sulfonamides is 2. The van der Waals surface area contributed by atoms with Gasteiger partial charge in [0, 0.05) is 18.1 Å². The van der Waals surface area contributed by atoms with Crippen molar-refractivity contribution in [3.63, 3.8) is 0 Å². The van der Waals surface area contributed by atoms with Crippen LogP contribution in [0.1, 0.15) is 24.0 Å². The molecule has 1 N–H and O–H groups in total. The Balaban J connectivity index is 1.72. The Bertz CT molecular complexity index is 1050. The van der Waals surface area contributed by atoms with E-state index in [0.29, 0.717) is 35.7 Å². The van der Waals surface area contributed by atoms with Crippen molar-refractivity contribution in [1.82, 2.24) is 4.72 Å². The number of halogens is 1. The standard InChI is InChI=1S/C19H23ClN2O4S2/c1-15-14-18(22-12-2-3-13-27(22,23)24)8-9-19(15)28(25,26)21-11-10-16-4-6-17(20)7-5-16/h4-9,14,21H,2-3,10-13H2,1H3. The van der Waals surface area contributed by atoms with Crippen LogP contribution in [0.2, 0.25) is 5.02 Å². The van der Waals surface area contributed by atoms with Gasteiger partial charge in [-0.15, -0.1) is 0 Å². The Labute approximate surface area is 171 Å². The Kier molecular flexibility index (Phi) is 6.34. The molecule has 0 aliphatic carbocycles. The Hall–Kier alpha value is -1.61. The van der Waals surface area contributed by atoms with Crippen molar-refractivity contribution in [2.24, 2.45) is 0 Å². The third-order valence-electron chi connectivity index (χ3n) is 4.70. The van der Waals surface area contributed by atoms with Gasteiger partial charge >= 0.3 is 0 Å². The van der Waals surface area contributed by atoms with Crippen molar-refractivity contribution in [1.29, 1.82) is 0 Å². The average molecular weight is 443 g/mol. The zero-order chi connectivity index (χ0) is 20.4. The normalized spacial score (nSPS) is 16.9. The highest BCUT2D eigenvalue weighted by molar-refractivity contribution is 7.92. The lowest BCUT2D eigenvalue weighted by Gasteiger charge is -2.28. The maximum atomic E-state index is 12.6. The van der Waals surface area contributed by atoms with E-state index in [1.54, 1.807) is 31.2 Å². The zero-order valence-electron chi connectivity index (χ0n) is 15.6. The van der Waals surface area contributed by atoms with Gasteiger partial charge in [0.25, 0.3) is 0 Å². The van der Waals surface area contributed by atoms with Crippen molar-refractivity contribution in [2.45, 2.75) is 31.1 Å². The lowest BCUT2D eigenvalue weighted by atomic mass is 10.2. The van der Waals surface area contributed by atoms with E-state index in [2.05, 4.69) is 4.72 Å². The molecule has 9 heteroatoms. The summed E-state index contributed by atoms with van der Waals surface area (Å²) < 4.78 is 53.8. The fourth-order valence-corrected chi connectivity index (χ4v) is 6.24. The van der Waals surface area contributed by atoms with E-state index in [0.717, 1.165) is 12.0 Å². The van der Waals surface area contributed by atoms with Crippen molar-refractivity contribution in [2.75, 3.05) is 23.1 Å². The summed E-state index contributed by atoms with van der Waals surface area (Å²) in [5, 5.41) is 0.635. The topological polar surface area (TPSA) is 83.6 Å². The van der Waals surface area contributed by atoms with Gasteiger partial charge in [-0.3, -0.25) is 4.31 Å². The fraction of sp³-hybridized carbons (Fsp3) is 0.368. The van der Waals surface area contributed by atoms with Crippen molar-refractivity contribution in [3.05, 3.63) is 58.6 Å². The molecule has 1 saturated heterocycles. The van der Waals surface area contributed by atoms with Gasteiger partial charge in [-0.1, -0.05) is 23.7 Å². The molecule has 0 saturated carbocycles. The SMILES string of the molecule is Cc1cc(N2CCCCS2(=O)=O)ccc1S(=O)(=O)NCCc1ccc(Cl)cc1. The first kappa shape index (κ1) is 21.1. The smallest absolute Gasteiger partial charge is 0.240 e. The third-order valence-corrected chi connectivity index (χ3v) is 8.45. The minimum absolute atomic E-state index is 0.123. The van der Waals surface area contributed by atoms with Crippen molar-refractivity contribution >= 4 is 37.3 Å². The molecule has 0 amide bonds. The number of nitrogens with zero attached hydrogens (tertiary/aromatic N) is 1. The minimum Gasteiger partial charge on any atom is -0.270 e. The van der Waals surface area contributed by atoms with Crippen LogP contribution in [0.4, 0.5) is 5.69 Å². The molecule has 1 heterocycles. The highest BCUT2D eigenvalue weighted by Gasteiger charge is 2.27. The van der Waals surface area contributed by atoms with Crippen molar-refractivity contribution < 1.29 is 16.8 Å². The molecule has 152 valence electrons. The first-order valence-electron chi connectivity index (χ1n) is 9.04. The van der Waals surface area contributed by atoms with E-state index in [9.17, 15) is 16.8 Å². The second-order valence-corrected chi connectivity index (χ2v) is 11.0. The number of nitrogens with one attached hydrogen (secondary N) is 1. The van der Waals surface area contributed by atoms with Crippen LogP contribution < -0.4 is 9.03 Å².